The van der Waals surface area contributed by atoms with Crippen LogP contribution < -0.4 is 0 Å². The normalized spacial score (nSPS) is 23.3. The van der Waals surface area contributed by atoms with Gasteiger partial charge in [-0.1, -0.05) is 0 Å². The van der Waals surface area contributed by atoms with E-state index >= 15 is 0 Å². The van der Waals surface area contributed by atoms with Crippen LogP contribution >= 0.6 is 0 Å². The molecule has 0 bridgehead atoms. The second-order valence-corrected chi connectivity index (χ2v) is 3.39. The molecular weight excluding hydrogens is 168 g/mol. The quantitative estimate of drug-likeness (QED) is 0.711. The van der Waals surface area contributed by atoms with Gasteiger partial charge in [-0.15, -0.1) is 0 Å². The van der Waals surface area contributed by atoms with Crippen LogP contribution in [0.15, 0.2) is 6.07 Å². The Labute approximate surface area is 76.9 Å². The molecule has 1 aromatic heterocycles. The zero-order valence-electron chi connectivity index (χ0n) is 7.49. The average molecular weight is 182 g/mol. The lowest BCUT2D eigenvalue weighted by Crippen LogP contribution is -2.15. The molecule has 0 radical (unpaired) electrons. The summed E-state index contributed by atoms with van der Waals surface area (Å²) in [5.74, 6) is 0.408. The number of aromatic nitrogens is 2. The number of aliphatic hydroxyl groups excluding tert-OH is 1. The van der Waals surface area contributed by atoms with E-state index < -0.39 is 0 Å². The van der Waals surface area contributed by atoms with E-state index in [-0.39, 0.29) is 6.61 Å². The van der Waals surface area contributed by atoms with Crippen LogP contribution in [0.2, 0.25) is 0 Å². The molecule has 4 heteroatoms. The predicted molar refractivity (Wildman–Crippen MR) is 47.3 cm³/mol. The number of hydrogen-bond acceptors (Lipinski definition) is 3. The Morgan fingerprint density at radius 3 is 3.23 bits per heavy atom. The topological polar surface area (TPSA) is 58.1 Å². The minimum Gasteiger partial charge on any atom is -0.390 e. The minimum absolute atomic E-state index is 0.0284. The first-order valence-electron chi connectivity index (χ1n) is 4.63. The maximum Gasteiger partial charge on any atom is 0.0847 e. The molecule has 2 rings (SSSR count). The summed E-state index contributed by atoms with van der Waals surface area (Å²) in [6, 6.07) is 1.92. The first-order chi connectivity index (χ1) is 6.40. The van der Waals surface area contributed by atoms with Crippen molar-refractivity contribution in [2.24, 2.45) is 0 Å². The zero-order chi connectivity index (χ0) is 9.10. The fraction of sp³-hybridized carbons (Fsp3) is 0.667. The number of nitrogens with one attached hydrogen (secondary N) is 1. The second-order valence-electron chi connectivity index (χ2n) is 3.39. The van der Waals surface area contributed by atoms with Crippen molar-refractivity contribution in [3.8, 4) is 0 Å². The molecule has 0 saturated carbocycles. The Bertz CT molecular complexity index is 266. The molecule has 1 fully saturated rings. The standard InChI is InChI=1S/C9H14N2O2/c12-5-8-4-9(11-10-8)7-2-1-3-13-6-7/h4,7,12H,1-3,5-6H2,(H,10,11). The minimum atomic E-state index is 0.0284. The van der Waals surface area contributed by atoms with E-state index in [0.717, 1.165) is 37.4 Å². The van der Waals surface area contributed by atoms with Crippen LogP contribution in [0.5, 0.6) is 0 Å². The number of aromatic amines is 1. The molecule has 13 heavy (non-hydrogen) atoms. The van der Waals surface area contributed by atoms with E-state index in [9.17, 15) is 0 Å². The van der Waals surface area contributed by atoms with Crippen molar-refractivity contribution in [1.29, 1.82) is 0 Å². The summed E-state index contributed by atoms with van der Waals surface area (Å²) in [5, 5.41) is 15.8. The number of hydrogen-bond donors (Lipinski definition) is 2. The third-order valence-corrected chi connectivity index (χ3v) is 2.40. The summed E-state index contributed by atoms with van der Waals surface area (Å²) in [6.45, 7) is 1.66. The molecule has 1 saturated heterocycles. The lowest BCUT2D eigenvalue weighted by molar-refractivity contribution is 0.0793. The highest BCUT2D eigenvalue weighted by Crippen LogP contribution is 2.23. The van der Waals surface area contributed by atoms with Crippen molar-refractivity contribution in [3.63, 3.8) is 0 Å². The highest BCUT2D eigenvalue weighted by Gasteiger charge is 2.18. The molecule has 2 heterocycles. The van der Waals surface area contributed by atoms with Crippen LogP contribution in [0.4, 0.5) is 0 Å². The summed E-state index contributed by atoms with van der Waals surface area (Å²) in [6.07, 6.45) is 2.24. The van der Waals surface area contributed by atoms with Crippen LogP contribution in [0.3, 0.4) is 0 Å². The summed E-state index contributed by atoms with van der Waals surface area (Å²) in [4.78, 5) is 0. The molecule has 4 nitrogen and oxygen atoms in total. The van der Waals surface area contributed by atoms with Crippen molar-refractivity contribution < 1.29 is 9.84 Å². The van der Waals surface area contributed by atoms with Gasteiger partial charge in [0.25, 0.3) is 0 Å². The van der Waals surface area contributed by atoms with E-state index in [2.05, 4.69) is 10.2 Å². The van der Waals surface area contributed by atoms with Gasteiger partial charge in [0.2, 0.25) is 0 Å². The van der Waals surface area contributed by atoms with Gasteiger partial charge in [-0.25, -0.2) is 0 Å². The maximum absolute atomic E-state index is 8.85. The van der Waals surface area contributed by atoms with Crippen LogP contribution in [0.1, 0.15) is 30.1 Å². The molecule has 1 atom stereocenters. The molecule has 2 N–H and O–H groups in total. The van der Waals surface area contributed by atoms with Gasteiger partial charge in [0.15, 0.2) is 0 Å². The third kappa shape index (κ3) is 1.89. The molecule has 0 spiro atoms. The van der Waals surface area contributed by atoms with Crippen LogP contribution in [0, 0.1) is 0 Å². The Kier molecular flexibility index (Phi) is 2.61. The molecule has 1 unspecified atom stereocenters. The lowest BCUT2D eigenvalue weighted by atomic mass is 9.99. The molecule has 1 aliphatic heterocycles. The average Bonchev–Trinajstić information content (AvgIpc) is 2.67. The predicted octanol–water partition coefficient (Wildman–Crippen LogP) is 0.796. The van der Waals surface area contributed by atoms with E-state index in [1.165, 1.54) is 0 Å². The summed E-state index contributed by atoms with van der Waals surface area (Å²) in [5.41, 5.74) is 1.80. The van der Waals surface area contributed by atoms with Crippen molar-refractivity contribution in [1.82, 2.24) is 10.2 Å². The zero-order valence-corrected chi connectivity index (χ0v) is 7.49. The second kappa shape index (κ2) is 3.89. The maximum atomic E-state index is 8.85. The van der Waals surface area contributed by atoms with Gasteiger partial charge in [0, 0.05) is 12.5 Å². The Balaban J connectivity index is 2.05. The van der Waals surface area contributed by atoms with Gasteiger partial charge in [0.05, 0.1) is 24.6 Å². The van der Waals surface area contributed by atoms with Gasteiger partial charge < -0.3 is 9.84 Å². The summed E-state index contributed by atoms with van der Waals surface area (Å²) >= 11 is 0. The molecule has 0 aliphatic carbocycles. The monoisotopic (exact) mass is 182 g/mol. The Hall–Kier alpha value is -0.870. The number of rotatable bonds is 2. The molecule has 1 aromatic rings. The highest BCUT2D eigenvalue weighted by atomic mass is 16.5. The van der Waals surface area contributed by atoms with Gasteiger partial charge in [-0.3, -0.25) is 5.10 Å². The van der Waals surface area contributed by atoms with E-state index in [1.54, 1.807) is 0 Å². The number of nitrogens with zero attached hydrogens (tertiary/aromatic N) is 1. The van der Waals surface area contributed by atoms with E-state index in [0.29, 0.717) is 5.92 Å². The number of aliphatic hydroxyl groups is 1. The van der Waals surface area contributed by atoms with Crippen molar-refractivity contribution >= 4 is 0 Å². The fourth-order valence-electron chi connectivity index (χ4n) is 1.64. The van der Waals surface area contributed by atoms with Crippen molar-refractivity contribution in [2.75, 3.05) is 13.2 Å². The van der Waals surface area contributed by atoms with Gasteiger partial charge in [-0.05, 0) is 18.9 Å². The molecule has 72 valence electrons. The van der Waals surface area contributed by atoms with Crippen LogP contribution in [0.25, 0.3) is 0 Å². The number of H-pyrrole nitrogens is 1. The van der Waals surface area contributed by atoms with Crippen LogP contribution in [-0.4, -0.2) is 28.5 Å². The largest absolute Gasteiger partial charge is 0.390 e. The van der Waals surface area contributed by atoms with Gasteiger partial charge >= 0.3 is 0 Å². The SMILES string of the molecule is OCc1cc(C2CCCOC2)n[nH]1. The van der Waals surface area contributed by atoms with Gasteiger partial charge in [0.1, 0.15) is 0 Å². The number of ether oxygens (including phenoxy) is 1. The molecule has 0 aromatic carbocycles. The first kappa shape index (κ1) is 8.72. The van der Waals surface area contributed by atoms with E-state index in [1.807, 2.05) is 6.07 Å². The van der Waals surface area contributed by atoms with Crippen LogP contribution in [-0.2, 0) is 11.3 Å². The first-order valence-corrected chi connectivity index (χ1v) is 4.63. The summed E-state index contributed by atoms with van der Waals surface area (Å²) < 4.78 is 5.36. The molecule has 0 amide bonds. The van der Waals surface area contributed by atoms with Gasteiger partial charge in [-0.2, -0.15) is 5.10 Å². The smallest absolute Gasteiger partial charge is 0.0847 e. The van der Waals surface area contributed by atoms with Crippen molar-refractivity contribution in [2.45, 2.75) is 25.4 Å². The third-order valence-electron chi connectivity index (χ3n) is 2.40. The fourth-order valence-corrected chi connectivity index (χ4v) is 1.64. The molecular formula is C9H14N2O2. The summed E-state index contributed by atoms with van der Waals surface area (Å²) in [7, 11) is 0. The highest BCUT2D eigenvalue weighted by molar-refractivity contribution is 5.13. The van der Waals surface area contributed by atoms with Crippen molar-refractivity contribution in [3.05, 3.63) is 17.5 Å². The molecule has 1 aliphatic rings. The lowest BCUT2D eigenvalue weighted by Gasteiger charge is -2.19. The Morgan fingerprint density at radius 1 is 1.69 bits per heavy atom. The van der Waals surface area contributed by atoms with E-state index in [4.69, 9.17) is 9.84 Å². The Morgan fingerprint density at radius 2 is 2.62 bits per heavy atom.